The lowest BCUT2D eigenvalue weighted by Gasteiger charge is -2.05. The summed E-state index contributed by atoms with van der Waals surface area (Å²) in [6, 6.07) is 7.89. The Morgan fingerprint density at radius 1 is 1.23 bits per heavy atom. The second-order valence-electron chi connectivity index (χ2n) is 2.74. The molecule has 1 rings (SSSR count). The van der Waals surface area contributed by atoms with Gasteiger partial charge in [-0.05, 0) is 24.1 Å². The van der Waals surface area contributed by atoms with Gasteiger partial charge in [0.1, 0.15) is 5.75 Å². The summed E-state index contributed by atoms with van der Waals surface area (Å²) in [5, 5.41) is 0.980. The Labute approximate surface area is 87.2 Å². The second-order valence-corrected chi connectivity index (χ2v) is 3.53. The molecule has 0 saturated heterocycles. The van der Waals surface area contributed by atoms with Crippen molar-refractivity contribution in [3.8, 4) is 5.75 Å². The van der Waals surface area contributed by atoms with Crippen LogP contribution in [-0.4, -0.2) is 11.9 Å². The molecule has 0 unspecified atom stereocenters. The topological polar surface area (TPSA) is 35.2 Å². The Hall–Kier alpha value is -0.540. The van der Waals surface area contributed by atoms with E-state index in [2.05, 4.69) is 15.9 Å². The Kier molecular flexibility index (Phi) is 4.86. The minimum Gasteiger partial charge on any atom is -0.494 e. The van der Waals surface area contributed by atoms with Gasteiger partial charge in [0.25, 0.3) is 0 Å². The van der Waals surface area contributed by atoms with Crippen LogP contribution >= 0.6 is 15.9 Å². The highest BCUT2D eigenvalue weighted by molar-refractivity contribution is 9.09. The SMILES string of the molecule is NCc1ccc(OCCCBr)cc1. The van der Waals surface area contributed by atoms with E-state index in [1.54, 1.807) is 0 Å². The number of hydrogen-bond acceptors (Lipinski definition) is 2. The number of halogens is 1. The molecule has 0 aliphatic heterocycles. The van der Waals surface area contributed by atoms with E-state index in [0.29, 0.717) is 6.54 Å². The summed E-state index contributed by atoms with van der Waals surface area (Å²) < 4.78 is 5.48. The molecule has 0 bridgehead atoms. The van der Waals surface area contributed by atoms with Gasteiger partial charge in [0.05, 0.1) is 6.61 Å². The van der Waals surface area contributed by atoms with E-state index in [9.17, 15) is 0 Å². The van der Waals surface area contributed by atoms with Crippen molar-refractivity contribution in [3.63, 3.8) is 0 Å². The molecule has 2 N–H and O–H groups in total. The first-order valence-corrected chi connectivity index (χ1v) is 5.46. The molecule has 0 saturated carbocycles. The number of rotatable bonds is 5. The normalized spacial score (nSPS) is 10.0. The van der Waals surface area contributed by atoms with Gasteiger partial charge < -0.3 is 10.5 Å². The van der Waals surface area contributed by atoms with E-state index in [-0.39, 0.29) is 0 Å². The average Bonchev–Trinajstić information content (AvgIpc) is 2.19. The standard InChI is InChI=1S/C10H14BrNO/c11-6-1-7-13-10-4-2-9(8-12)3-5-10/h2-5H,1,6-8,12H2. The van der Waals surface area contributed by atoms with E-state index >= 15 is 0 Å². The van der Waals surface area contributed by atoms with Gasteiger partial charge in [0, 0.05) is 11.9 Å². The van der Waals surface area contributed by atoms with Gasteiger partial charge in [-0.1, -0.05) is 28.1 Å². The lowest BCUT2D eigenvalue weighted by atomic mass is 10.2. The first-order valence-electron chi connectivity index (χ1n) is 4.34. The number of alkyl halides is 1. The van der Waals surface area contributed by atoms with Crippen LogP contribution in [-0.2, 0) is 6.54 Å². The average molecular weight is 244 g/mol. The van der Waals surface area contributed by atoms with Crippen LogP contribution < -0.4 is 10.5 Å². The molecule has 2 nitrogen and oxygen atoms in total. The Morgan fingerprint density at radius 3 is 2.46 bits per heavy atom. The van der Waals surface area contributed by atoms with Gasteiger partial charge in [-0.25, -0.2) is 0 Å². The zero-order chi connectivity index (χ0) is 9.52. The van der Waals surface area contributed by atoms with Gasteiger partial charge >= 0.3 is 0 Å². The molecule has 13 heavy (non-hydrogen) atoms. The first-order chi connectivity index (χ1) is 6.36. The quantitative estimate of drug-likeness (QED) is 0.637. The Balaban J connectivity index is 2.40. The van der Waals surface area contributed by atoms with Crippen molar-refractivity contribution in [2.45, 2.75) is 13.0 Å². The molecule has 0 amide bonds. The van der Waals surface area contributed by atoms with E-state index in [1.807, 2.05) is 24.3 Å². The monoisotopic (exact) mass is 243 g/mol. The maximum absolute atomic E-state index is 5.48. The summed E-state index contributed by atoms with van der Waals surface area (Å²) in [5.74, 6) is 0.915. The molecule has 0 fully saturated rings. The summed E-state index contributed by atoms with van der Waals surface area (Å²) in [5.41, 5.74) is 6.61. The molecular weight excluding hydrogens is 230 g/mol. The second kappa shape index (κ2) is 6.00. The maximum Gasteiger partial charge on any atom is 0.119 e. The predicted molar refractivity (Wildman–Crippen MR) is 58.2 cm³/mol. The van der Waals surface area contributed by atoms with Crippen molar-refractivity contribution >= 4 is 15.9 Å². The predicted octanol–water partition coefficient (Wildman–Crippen LogP) is 2.31. The molecule has 0 atom stereocenters. The highest BCUT2D eigenvalue weighted by atomic mass is 79.9. The number of nitrogens with two attached hydrogens (primary N) is 1. The van der Waals surface area contributed by atoms with Crippen molar-refractivity contribution in [1.82, 2.24) is 0 Å². The molecule has 0 aromatic heterocycles. The van der Waals surface area contributed by atoms with E-state index in [0.717, 1.165) is 29.7 Å². The molecule has 1 aromatic rings. The summed E-state index contributed by atoms with van der Waals surface area (Å²) in [6.45, 7) is 1.34. The highest BCUT2D eigenvalue weighted by Crippen LogP contribution is 2.11. The van der Waals surface area contributed by atoms with Crippen molar-refractivity contribution in [2.75, 3.05) is 11.9 Å². The molecule has 0 aliphatic rings. The number of ether oxygens (including phenoxy) is 1. The van der Waals surface area contributed by atoms with Crippen molar-refractivity contribution in [1.29, 1.82) is 0 Å². The zero-order valence-electron chi connectivity index (χ0n) is 7.50. The summed E-state index contributed by atoms with van der Waals surface area (Å²) in [7, 11) is 0. The van der Waals surface area contributed by atoms with Crippen LogP contribution in [0, 0.1) is 0 Å². The third-order valence-electron chi connectivity index (χ3n) is 1.71. The van der Waals surface area contributed by atoms with Gasteiger partial charge in [0.15, 0.2) is 0 Å². The first kappa shape index (κ1) is 10.5. The molecule has 3 heteroatoms. The van der Waals surface area contributed by atoms with Crippen LogP contribution in [0.15, 0.2) is 24.3 Å². The molecule has 0 radical (unpaired) electrons. The summed E-state index contributed by atoms with van der Waals surface area (Å²) in [6.07, 6.45) is 1.03. The summed E-state index contributed by atoms with van der Waals surface area (Å²) in [4.78, 5) is 0. The summed E-state index contributed by atoms with van der Waals surface area (Å²) >= 11 is 3.35. The fourth-order valence-electron chi connectivity index (χ4n) is 0.966. The molecular formula is C10H14BrNO. The maximum atomic E-state index is 5.48. The van der Waals surface area contributed by atoms with E-state index in [1.165, 1.54) is 0 Å². The van der Waals surface area contributed by atoms with Gasteiger partial charge in [0.2, 0.25) is 0 Å². The zero-order valence-corrected chi connectivity index (χ0v) is 9.09. The van der Waals surface area contributed by atoms with Crippen LogP contribution in [0.3, 0.4) is 0 Å². The fourth-order valence-corrected chi connectivity index (χ4v) is 1.20. The third kappa shape index (κ3) is 3.79. The lowest BCUT2D eigenvalue weighted by molar-refractivity contribution is 0.319. The lowest BCUT2D eigenvalue weighted by Crippen LogP contribution is -1.99. The Bertz CT molecular complexity index is 235. The number of hydrogen-bond donors (Lipinski definition) is 1. The molecule has 0 aliphatic carbocycles. The fraction of sp³-hybridized carbons (Fsp3) is 0.400. The van der Waals surface area contributed by atoms with Crippen LogP contribution in [0.25, 0.3) is 0 Å². The van der Waals surface area contributed by atoms with Crippen molar-refractivity contribution < 1.29 is 4.74 Å². The van der Waals surface area contributed by atoms with E-state index < -0.39 is 0 Å². The molecule has 0 heterocycles. The van der Waals surface area contributed by atoms with Crippen molar-refractivity contribution in [3.05, 3.63) is 29.8 Å². The molecule has 1 aromatic carbocycles. The smallest absolute Gasteiger partial charge is 0.119 e. The third-order valence-corrected chi connectivity index (χ3v) is 2.27. The van der Waals surface area contributed by atoms with Crippen LogP contribution in [0.5, 0.6) is 5.75 Å². The van der Waals surface area contributed by atoms with Crippen LogP contribution in [0.1, 0.15) is 12.0 Å². The minimum absolute atomic E-state index is 0.585. The highest BCUT2D eigenvalue weighted by Gasteiger charge is 1.93. The van der Waals surface area contributed by atoms with Gasteiger partial charge in [-0.3, -0.25) is 0 Å². The number of benzene rings is 1. The molecule has 72 valence electrons. The van der Waals surface area contributed by atoms with Crippen LogP contribution in [0.2, 0.25) is 0 Å². The van der Waals surface area contributed by atoms with Gasteiger partial charge in [-0.15, -0.1) is 0 Å². The van der Waals surface area contributed by atoms with Gasteiger partial charge in [-0.2, -0.15) is 0 Å². The molecule has 0 spiro atoms. The van der Waals surface area contributed by atoms with E-state index in [4.69, 9.17) is 10.5 Å². The minimum atomic E-state index is 0.585. The Morgan fingerprint density at radius 2 is 1.92 bits per heavy atom. The largest absolute Gasteiger partial charge is 0.494 e. The van der Waals surface area contributed by atoms with Crippen LogP contribution in [0.4, 0.5) is 0 Å². The van der Waals surface area contributed by atoms with Crippen molar-refractivity contribution in [2.24, 2.45) is 5.73 Å².